The summed E-state index contributed by atoms with van der Waals surface area (Å²) in [5, 5.41) is 10.8. The van der Waals surface area contributed by atoms with E-state index in [4.69, 9.17) is 4.74 Å². The van der Waals surface area contributed by atoms with E-state index in [1.54, 1.807) is 10.6 Å². The molecule has 1 aromatic carbocycles. The Bertz CT molecular complexity index is 826. The molecule has 2 heterocycles. The molecule has 0 aliphatic rings. The van der Waals surface area contributed by atoms with Crippen LogP contribution in [0.15, 0.2) is 48.7 Å². The number of para-hydroxylation sites is 1. The number of anilines is 1. The van der Waals surface area contributed by atoms with E-state index in [0.717, 1.165) is 11.3 Å². The summed E-state index contributed by atoms with van der Waals surface area (Å²) in [5.41, 5.74) is 2.57. The molecule has 1 N–H and O–H groups in total. The second-order valence-corrected chi connectivity index (χ2v) is 5.49. The van der Waals surface area contributed by atoms with Crippen LogP contribution in [-0.4, -0.2) is 27.1 Å². The third kappa shape index (κ3) is 3.31. The maximum Gasteiger partial charge on any atom is 0.322 e. The Hall–Kier alpha value is -2.89. The standard InChI is InChI=1S/C17H18N4O2/c1-12(2)13-7-3-4-8-14(13)18-16(22)11-23-17-20-19-15-9-5-6-10-21(15)17/h3-10,12H,11H2,1-2H3,(H,18,22). The van der Waals surface area contributed by atoms with Gasteiger partial charge in [-0.1, -0.05) is 43.2 Å². The lowest BCUT2D eigenvalue weighted by molar-refractivity contribution is -0.118. The van der Waals surface area contributed by atoms with Gasteiger partial charge in [0.25, 0.3) is 5.91 Å². The Balaban J connectivity index is 1.66. The number of hydrogen-bond donors (Lipinski definition) is 1. The number of amides is 1. The first-order valence-electron chi connectivity index (χ1n) is 7.46. The number of nitrogens with one attached hydrogen (secondary N) is 1. The number of benzene rings is 1. The van der Waals surface area contributed by atoms with Crippen LogP contribution in [0.3, 0.4) is 0 Å². The molecule has 0 saturated heterocycles. The van der Waals surface area contributed by atoms with Gasteiger partial charge in [-0.3, -0.25) is 9.20 Å². The van der Waals surface area contributed by atoms with Crippen molar-refractivity contribution in [3.05, 3.63) is 54.2 Å². The smallest absolute Gasteiger partial charge is 0.322 e. The normalized spacial score (nSPS) is 10.9. The number of fused-ring (bicyclic) bond motifs is 1. The maximum atomic E-state index is 12.1. The Labute approximate surface area is 134 Å². The number of nitrogens with zero attached hydrogens (tertiary/aromatic N) is 3. The summed E-state index contributed by atoms with van der Waals surface area (Å²) in [4.78, 5) is 12.1. The molecule has 0 bridgehead atoms. The van der Waals surface area contributed by atoms with Crippen molar-refractivity contribution >= 4 is 17.2 Å². The molecule has 0 aliphatic heterocycles. The van der Waals surface area contributed by atoms with Crippen LogP contribution in [0.25, 0.3) is 5.65 Å². The van der Waals surface area contributed by atoms with Crippen molar-refractivity contribution in [3.8, 4) is 6.01 Å². The van der Waals surface area contributed by atoms with E-state index in [9.17, 15) is 4.79 Å². The Morgan fingerprint density at radius 3 is 2.78 bits per heavy atom. The van der Waals surface area contributed by atoms with Crippen LogP contribution in [0.5, 0.6) is 6.01 Å². The number of hydrogen-bond acceptors (Lipinski definition) is 4. The zero-order chi connectivity index (χ0) is 16.2. The van der Waals surface area contributed by atoms with E-state index in [0.29, 0.717) is 17.6 Å². The minimum Gasteiger partial charge on any atom is -0.453 e. The number of rotatable bonds is 5. The van der Waals surface area contributed by atoms with Gasteiger partial charge in [-0.05, 0) is 29.7 Å². The van der Waals surface area contributed by atoms with Gasteiger partial charge in [-0.2, -0.15) is 0 Å². The van der Waals surface area contributed by atoms with Crippen LogP contribution in [0, 0.1) is 0 Å². The molecule has 0 unspecified atom stereocenters. The molecule has 1 amide bonds. The molecule has 2 aromatic heterocycles. The van der Waals surface area contributed by atoms with Crippen molar-refractivity contribution in [2.75, 3.05) is 11.9 Å². The number of ether oxygens (including phenoxy) is 1. The van der Waals surface area contributed by atoms with Crippen molar-refractivity contribution in [2.24, 2.45) is 0 Å². The highest BCUT2D eigenvalue weighted by atomic mass is 16.5. The highest BCUT2D eigenvalue weighted by Gasteiger charge is 2.11. The Morgan fingerprint density at radius 2 is 1.96 bits per heavy atom. The molecular weight excluding hydrogens is 292 g/mol. The van der Waals surface area contributed by atoms with Crippen LogP contribution in [0.2, 0.25) is 0 Å². The predicted molar refractivity (Wildman–Crippen MR) is 87.6 cm³/mol. The fraction of sp³-hybridized carbons (Fsp3) is 0.235. The summed E-state index contributed by atoms with van der Waals surface area (Å²) in [6.45, 7) is 4.05. The average molecular weight is 310 g/mol. The molecule has 6 heteroatoms. The van der Waals surface area contributed by atoms with Crippen LogP contribution >= 0.6 is 0 Å². The second kappa shape index (κ2) is 6.48. The van der Waals surface area contributed by atoms with Crippen LogP contribution in [0.4, 0.5) is 5.69 Å². The molecule has 0 fully saturated rings. The highest BCUT2D eigenvalue weighted by Crippen LogP contribution is 2.23. The van der Waals surface area contributed by atoms with Crippen molar-refractivity contribution in [1.82, 2.24) is 14.6 Å². The minimum absolute atomic E-state index is 0.123. The summed E-state index contributed by atoms with van der Waals surface area (Å²) in [6, 6.07) is 13.6. The molecule has 0 saturated carbocycles. The minimum atomic E-state index is -0.231. The zero-order valence-electron chi connectivity index (χ0n) is 13.1. The molecule has 0 radical (unpaired) electrons. The zero-order valence-corrected chi connectivity index (χ0v) is 13.1. The third-order valence-corrected chi connectivity index (χ3v) is 3.47. The summed E-state index contributed by atoms with van der Waals surface area (Å²) in [5.74, 6) is 0.0960. The van der Waals surface area contributed by atoms with Gasteiger partial charge in [0, 0.05) is 11.9 Å². The van der Waals surface area contributed by atoms with Gasteiger partial charge < -0.3 is 10.1 Å². The van der Waals surface area contributed by atoms with Gasteiger partial charge in [-0.15, -0.1) is 5.10 Å². The molecule has 3 rings (SSSR count). The predicted octanol–water partition coefficient (Wildman–Crippen LogP) is 2.87. The number of carbonyl (C=O) groups is 1. The Morgan fingerprint density at radius 1 is 1.17 bits per heavy atom. The summed E-state index contributed by atoms with van der Waals surface area (Å²) >= 11 is 0. The van der Waals surface area contributed by atoms with E-state index >= 15 is 0 Å². The van der Waals surface area contributed by atoms with Gasteiger partial charge in [0.1, 0.15) is 0 Å². The van der Waals surface area contributed by atoms with Gasteiger partial charge >= 0.3 is 6.01 Å². The molecule has 0 atom stereocenters. The maximum absolute atomic E-state index is 12.1. The van der Waals surface area contributed by atoms with Crippen LogP contribution in [0.1, 0.15) is 25.3 Å². The summed E-state index contributed by atoms with van der Waals surface area (Å²) in [6.07, 6.45) is 1.79. The molecular formula is C17H18N4O2. The van der Waals surface area contributed by atoms with E-state index in [1.807, 2.05) is 42.5 Å². The van der Waals surface area contributed by atoms with Gasteiger partial charge in [-0.25, -0.2) is 0 Å². The van der Waals surface area contributed by atoms with Crippen molar-refractivity contribution in [1.29, 1.82) is 0 Å². The third-order valence-electron chi connectivity index (χ3n) is 3.47. The number of aromatic nitrogens is 3. The molecule has 3 aromatic rings. The lowest BCUT2D eigenvalue weighted by Gasteiger charge is -2.13. The van der Waals surface area contributed by atoms with Crippen LogP contribution < -0.4 is 10.1 Å². The van der Waals surface area contributed by atoms with E-state index < -0.39 is 0 Å². The van der Waals surface area contributed by atoms with Crippen molar-refractivity contribution < 1.29 is 9.53 Å². The summed E-state index contributed by atoms with van der Waals surface area (Å²) < 4.78 is 7.16. The average Bonchev–Trinajstić information content (AvgIpc) is 2.96. The number of pyridine rings is 1. The molecule has 0 aliphatic carbocycles. The highest BCUT2D eigenvalue weighted by molar-refractivity contribution is 5.92. The first-order chi connectivity index (χ1) is 11.1. The number of carbonyl (C=O) groups excluding carboxylic acids is 1. The topological polar surface area (TPSA) is 68.5 Å². The molecule has 118 valence electrons. The SMILES string of the molecule is CC(C)c1ccccc1NC(=O)COc1nnc2ccccn12. The largest absolute Gasteiger partial charge is 0.453 e. The Kier molecular flexibility index (Phi) is 4.23. The fourth-order valence-corrected chi connectivity index (χ4v) is 2.35. The fourth-order valence-electron chi connectivity index (χ4n) is 2.35. The van der Waals surface area contributed by atoms with Crippen molar-refractivity contribution in [2.45, 2.75) is 19.8 Å². The summed E-state index contributed by atoms with van der Waals surface area (Å²) in [7, 11) is 0. The van der Waals surface area contributed by atoms with E-state index in [1.165, 1.54) is 0 Å². The van der Waals surface area contributed by atoms with Crippen molar-refractivity contribution in [3.63, 3.8) is 0 Å². The first-order valence-corrected chi connectivity index (χ1v) is 7.46. The lowest BCUT2D eigenvalue weighted by atomic mass is 10.0. The second-order valence-electron chi connectivity index (χ2n) is 5.49. The van der Waals surface area contributed by atoms with Gasteiger partial charge in [0.05, 0.1) is 0 Å². The molecule has 0 spiro atoms. The quantitative estimate of drug-likeness (QED) is 0.787. The van der Waals surface area contributed by atoms with Crippen LogP contribution in [-0.2, 0) is 4.79 Å². The van der Waals surface area contributed by atoms with E-state index in [2.05, 4.69) is 29.4 Å². The monoisotopic (exact) mass is 310 g/mol. The molecule has 23 heavy (non-hydrogen) atoms. The first kappa shape index (κ1) is 15.0. The molecule has 6 nitrogen and oxygen atoms in total. The lowest BCUT2D eigenvalue weighted by Crippen LogP contribution is -2.21. The van der Waals surface area contributed by atoms with E-state index in [-0.39, 0.29) is 12.5 Å². The van der Waals surface area contributed by atoms with Gasteiger partial charge in [0.15, 0.2) is 12.3 Å². The van der Waals surface area contributed by atoms with Gasteiger partial charge in [0.2, 0.25) is 0 Å².